The Morgan fingerprint density at radius 1 is 0.851 bits per heavy atom. The SMILES string of the molecule is CC[C@@H]1C[C@H]([As](Cc2cc(C(F)(F)F)cc(C(F)(F)F)c2)c2ncc(-c3cnn(C)c3)cn2)CN1c1ccc(C(F)(F)F)cc1C=O. The van der Waals surface area contributed by atoms with Crippen LogP contribution in [-0.4, -0.2) is 53.3 Å². The van der Waals surface area contributed by atoms with Crippen LogP contribution in [0.4, 0.5) is 45.2 Å². The van der Waals surface area contributed by atoms with Gasteiger partial charge >= 0.3 is 268 Å². The number of aryl methyl sites for hydroxylation is 1. The predicted octanol–water partition coefficient (Wildman–Crippen LogP) is 7.29. The molecule has 250 valence electrons. The summed E-state index contributed by atoms with van der Waals surface area (Å²) in [5.74, 6) is 0. The number of aromatic nitrogens is 4. The van der Waals surface area contributed by atoms with Crippen LogP contribution in [0.3, 0.4) is 0 Å². The maximum atomic E-state index is 13.7. The molecule has 0 radical (unpaired) electrons. The minimum absolute atomic E-state index is 0.0794. The van der Waals surface area contributed by atoms with Gasteiger partial charge in [-0.2, -0.15) is 0 Å². The second-order valence-corrected chi connectivity index (χ2v) is 16.2. The van der Waals surface area contributed by atoms with Crippen LogP contribution < -0.4 is 9.51 Å². The van der Waals surface area contributed by atoms with E-state index < -0.39 is 49.9 Å². The van der Waals surface area contributed by atoms with Gasteiger partial charge in [-0.1, -0.05) is 0 Å². The number of rotatable bonds is 8. The Labute approximate surface area is 267 Å². The number of carbonyl (C=O) groups is 1. The Kier molecular flexibility index (Phi) is 9.51. The molecule has 0 spiro atoms. The third kappa shape index (κ3) is 7.66. The molecule has 47 heavy (non-hydrogen) atoms. The summed E-state index contributed by atoms with van der Waals surface area (Å²) in [6, 6.07) is 4.09. The topological polar surface area (TPSA) is 63.9 Å². The average Bonchev–Trinajstić information content (AvgIpc) is 3.64. The number of carbonyl (C=O) groups excluding carboxylic acids is 1. The fraction of sp³-hybridized carbons (Fsp3) is 0.355. The molecule has 0 N–H and O–H groups in total. The van der Waals surface area contributed by atoms with E-state index >= 15 is 0 Å². The fourth-order valence-electron chi connectivity index (χ4n) is 5.75. The van der Waals surface area contributed by atoms with Gasteiger partial charge in [0.25, 0.3) is 0 Å². The molecule has 16 heteroatoms. The van der Waals surface area contributed by atoms with Gasteiger partial charge in [0.2, 0.25) is 0 Å². The van der Waals surface area contributed by atoms with Gasteiger partial charge < -0.3 is 0 Å². The molecule has 4 aromatic rings. The number of benzene rings is 2. The summed E-state index contributed by atoms with van der Waals surface area (Å²) < 4.78 is 124. The van der Waals surface area contributed by atoms with E-state index in [2.05, 4.69) is 15.1 Å². The first-order valence-corrected chi connectivity index (χ1v) is 17.6. The molecular weight excluding hydrogens is 704 g/mol. The van der Waals surface area contributed by atoms with Crippen LogP contribution in [0, 0.1) is 0 Å². The van der Waals surface area contributed by atoms with E-state index in [9.17, 15) is 44.3 Å². The molecule has 0 aliphatic carbocycles. The Morgan fingerprint density at radius 2 is 1.47 bits per heavy atom. The van der Waals surface area contributed by atoms with Gasteiger partial charge in [-0.05, 0) is 0 Å². The number of hydrogen-bond donors (Lipinski definition) is 0. The van der Waals surface area contributed by atoms with E-state index in [0.717, 1.165) is 12.1 Å². The molecule has 3 atom stereocenters. The van der Waals surface area contributed by atoms with Gasteiger partial charge in [0.1, 0.15) is 0 Å². The number of anilines is 1. The van der Waals surface area contributed by atoms with Gasteiger partial charge in [-0.3, -0.25) is 0 Å². The average molecular weight is 731 g/mol. The number of hydrogen-bond acceptors (Lipinski definition) is 5. The zero-order valence-electron chi connectivity index (χ0n) is 24.8. The molecule has 1 saturated heterocycles. The molecule has 3 heterocycles. The van der Waals surface area contributed by atoms with Crippen LogP contribution in [-0.2, 0) is 30.8 Å². The van der Waals surface area contributed by atoms with Crippen LogP contribution in [0.2, 0.25) is 4.71 Å². The van der Waals surface area contributed by atoms with Crippen molar-refractivity contribution < 1.29 is 44.3 Å². The summed E-state index contributed by atoms with van der Waals surface area (Å²) >= 11 is -2.79. The predicted molar refractivity (Wildman–Crippen MR) is 156 cm³/mol. The van der Waals surface area contributed by atoms with Gasteiger partial charge in [0, 0.05) is 0 Å². The Balaban J connectivity index is 1.56. The maximum absolute atomic E-state index is 13.7. The quantitative estimate of drug-likeness (QED) is 0.108. The third-order valence-electron chi connectivity index (χ3n) is 8.03. The minimum atomic E-state index is -5.03. The number of halogens is 9. The Morgan fingerprint density at radius 3 is 1.98 bits per heavy atom. The standard InChI is InChI=1S/C31H27AsF9N5O/c1-3-26-10-25(16-46(26)27-5-4-22(29(33,34)35)8-19(27)17-47)32(28-42-12-20(13-43-28)21-14-44-45(2)15-21)11-18-6-23(30(36,37)38)9-24(7-18)31(39,40)41/h4-9,12-15,17,25-26H,3,10-11,16H2,1-2H3/t25-,26+,32?/m0/s1. The monoisotopic (exact) mass is 731 g/mol. The third-order valence-corrected chi connectivity index (χ3v) is 13.7. The summed E-state index contributed by atoms with van der Waals surface area (Å²) in [7, 11) is 1.72. The summed E-state index contributed by atoms with van der Waals surface area (Å²) in [6.07, 6.45) is -7.09. The first-order chi connectivity index (χ1) is 22.0. The van der Waals surface area contributed by atoms with Crippen molar-refractivity contribution in [1.29, 1.82) is 0 Å². The van der Waals surface area contributed by atoms with E-state index in [-0.39, 0.29) is 45.4 Å². The van der Waals surface area contributed by atoms with Crippen molar-refractivity contribution in [2.24, 2.45) is 7.05 Å². The molecule has 1 aliphatic heterocycles. The van der Waals surface area contributed by atoms with Crippen molar-refractivity contribution in [3.63, 3.8) is 0 Å². The van der Waals surface area contributed by atoms with Gasteiger partial charge in [0.05, 0.1) is 0 Å². The molecule has 2 aromatic heterocycles. The zero-order valence-corrected chi connectivity index (χ0v) is 26.7. The van der Waals surface area contributed by atoms with Gasteiger partial charge in [-0.25, -0.2) is 0 Å². The Bertz CT molecular complexity index is 1700. The van der Waals surface area contributed by atoms with Crippen molar-refractivity contribution in [2.75, 3.05) is 11.4 Å². The summed E-state index contributed by atoms with van der Waals surface area (Å²) in [5.41, 5.74) is -2.62. The molecule has 1 fully saturated rings. The van der Waals surface area contributed by atoms with Crippen LogP contribution in [0.25, 0.3) is 11.1 Å². The second-order valence-electron chi connectivity index (χ2n) is 11.2. The van der Waals surface area contributed by atoms with Crippen molar-refractivity contribution in [3.05, 3.63) is 89.0 Å². The number of aldehydes is 1. The number of nitrogens with zero attached hydrogens (tertiary/aromatic N) is 5. The van der Waals surface area contributed by atoms with E-state index in [1.807, 2.05) is 6.92 Å². The molecule has 0 bridgehead atoms. The molecular formula is C31H27AsF9N5O. The van der Waals surface area contributed by atoms with E-state index in [1.165, 1.54) is 18.5 Å². The first-order valence-electron chi connectivity index (χ1n) is 14.3. The number of alkyl halides is 9. The normalized spacial score (nSPS) is 18.1. The van der Waals surface area contributed by atoms with Gasteiger partial charge in [-0.15, -0.1) is 0 Å². The van der Waals surface area contributed by atoms with Crippen LogP contribution in [0.5, 0.6) is 0 Å². The van der Waals surface area contributed by atoms with Crippen molar-refractivity contribution in [3.8, 4) is 11.1 Å². The zero-order chi connectivity index (χ0) is 34.3. The summed E-state index contributed by atoms with van der Waals surface area (Å²) in [5, 5.41) is 3.96. The molecule has 1 aliphatic rings. The second kappa shape index (κ2) is 13.0. The molecule has 0 amide bonds. The van der Waals surface area contributed by atoms with Crippen molar-refractivity contribution in [2.45, 2.75) is 54.3 Å². The summed E-state index contributed by atoms with van der Waals surface area (Å²) in [6.45, 7) is 2.05. The van der Waals surface area contributed by atoms with Crippen molar-refractivity contribution >= 4 is 31.2 Å². The van der Waals surface area contributed by atoms with E-state index in [4.69, 9.17) is 0 Å². The molecule has 6 nitrogen and oxygen atoms in total. The molecule has 1 unspecified atom stereocenters. The van der Waals surface area contributed by atoms with Crippen LogP contribution in [0.15, 0.2) is 61.2 Å². The van der Waals surface area contributed by atoms with E-state index in [0.29, 0.717) is 47.0 Å². The van der Waals surface area contributed by atoms with E-state index in [1.54, 1.807) is 29.0 Å². The molecule has 0 saturated carbocycles. The first kappa shape index (κ1) is 34.5. The van der Waals surface area contributed by atoms with Gasteiger partial charge in [0.15, 0.2) is 0 Å². The van der Waals surface area contributed by atoms with Crippen molar-refractivity contribution in [1.82, 2.24) is 19.7 Å². The Hall–Kier alpha value is -3.87. The molecule has 5 rings (SSSR count). The fourth-order valence-corrected chi connectivity index (χ4v) is 11.2. The van der Waals surface area contributed by atoms with Crippen LogP contribution >= 0.6 is 0 Å². The molecule has 2 aromatic carbocycles. The summed E-state index contributed by atoms with van der Waals surface area (Å²) in [4.78, 5) is 22.8. The van der Waals surface area contributed by atoms with Crippen LogP contribution in [0.1, 0.15) is 52.4 Å².